The van der Waals surface area contributed by atoms with Crippen molar-refractivity contribution in [2.75, 3.05) is 26.8 Å². The Kier molecular flexibility index (Phi) is 5.43. The van der Waals surface area contributed by atoms with Gasteiger partial charge in [0.1, 0.15) is 6.61 Å². The van der Waals surface area contributed by atoms with E-state index in [0.717, 1.165) is 60.7 Å². The number of ether oxygens (including phenoxy) is 1. The molecule has 0 saturated carbocycles. The average molecular weight is 343 g/mol. The summed E-state index contributed by atoms with van der Waals surface area (Å²) >= 11 is 0. The lowest BCUT2D eigenvalue weighted by atomic mass is 9.93. The van der Waals surface area contributed by atoms with Crippen molar-refractivity contribution in [1.82, 2.24) is 25.1 Å². The molecule has 1 aliphatic heterocycles. The van der Waals surface area contributed by atoms with Gasteiger partial charge in [0.25, 0.3) is 0 Å². The van der Waals surface area contributed by atoms with Crippen LogP contribution in [-0.4, -0.2) is 57.8 Å². The maximum Gasteiger partial charge on any atom is 0.248 e. The van der Waals surface area contributed by atoms with Crippen molar-refractivity contribution in [1.29, 1.82) is 0 Å². The minimum Gasteiger partial charge on any atom is -0.375 e. The summed E-state index contributed by atoms with van der Waals surface area (Å²) in [6, 6.07) is 0. The third-order valence-electron chi connectivity index (χ3n) is 4.73. The van der Waals surface area contributed by atoms with Gasteiger partial charge >= 0.3 is 0 Å². The lowest BCUT2D eigenvalue weighted by Crippen LogP contribution is -2.42. The Morgan fingerprint density at radius 2 is 2.20 bits per heavy atom. The lowest BCUT2D eigenvalue weighted by Gasteiger charge is -2.32. The van der Waals surface area contributed by atoms with Crippen molar-refractivity contribution in [2.24, 2.45) is 5.92 Å². The molecule has 0 aromatic carbocycles. The molecule has 1 saturated heterocycles. The van der Waals surface area contributed by atoms with Crippen LogP contribution >= 0.6 is 0 Å². The van der Waals surface area contributed by atoms with Gasteiger partial charge in [0.15, 0.2) is 0 Å². The predicted molar refractivity (Wildman–Crippen MR) is 94.0 cm³/mol. The monoisotopic (exact) mass is 343 g/mol. The van der Waals surface area contributed by atoms with Crippen molar-refractivity contribution >= 4 is 5.91 Å². The highest BCUT2D eigenvalue weighted by Crippen LogP contribution is 2.24. The fourth-order valence-electron chi connectivity index (χ4n) is 3.49. The molecule has 0 bridgehead atoms. The number of nitrogens with one attached hydrogen (secondary N) is 1. The van der Waals surface area contributed by atoms with Gasteiger partial charge in [0.2, 0.25) is 5.91 Å². The summed E-state index contributed by atoms with van der Waals surface area (Å²) in [7, 11) is 1.56. The lowest BCUT2D eigenvalue weighted by molar-refractivity contribution is -0.136. The highest BCUT2D eigenvalue weighted by Gasteiger charge is 2.24. The molecule has 1 amide bonds. The minimum atomic E-state index is 0.0690. The molecule has 2 aromatic heterocycles. The first-order valence-corrected chi connectivity index (χ1v) is 8.68. The molecule has 25 heavy (non-hydrogen) atoms. The summed E-state index contributed by atoms with van der Waals surface area (Å²) in [5.41, 5.74) is 4.76. The van der Waals surface area contributed by atoms with Gasteiger partial charge in [-0.1, -0.05) is 0 Å². The minimum absolute atomic E-state index is 0.0690. The first kappa shape index (κ1) is 17.5. The molecular weight excluding hydrogens is 318 g/mol. The number of H-pyrrole nitrogens is 1. The first-order chi connectivity index (χ1) is 12.1. The molecule has 134 valence electrons. The van der Waals surface area contributed by atoms with E-state index in [1.807, 2.05) is 31.1 Å². The normalized spacial score (nSPS) is 17.7. The molecule has 1 aliphatic rings. The van der Waals surface area contributed by atoms with Crippen LogP contribution in [0.1, 0.15) is 29.9 Å². The molecule has 0 unspecified atom stereocenters. The largest absolute Gasteiger partial charge is 0.375 e. The van der Waals surface area contributed by atoms with Gasteiger partial charge in [-0.2, -0.15) is 5.10 Å². The van der Waals surface area contributed by atoms with Gasteiger partial charge in [-0.25, -0.2) is 0 Å². The number of aromatic nitrogens is 4. The Balaban J connectivity index is 1.64. The SMILES string of the molecule is COCC(=O)N1CCC[C@H](Cc2cnc(-c3c(C)n[nH]c3C)cn2)C1. The van der Waals surface area contributed by atoms with E-state index in [4.69, 9.17) is 4.74 Å². The first-order valence-electron chi connectivity index (χ1n) is 8.68. The number of carbonyl (C=O) groups excluding carboxylic acids is 1. The Labute approximate surface area is 147 Å². The van der Waals surface area contributed by atoms with Gasteiger partial charge in [-0.05, 0) is 39.0 Å². The van der Waals surface area contributed by atoms with E-state index < -0.39 is 0 Å². The van der Waals surface area contributed by atoms with Crippen LogP contribution in [-0.2, 0) is 16.0 Å². The molecule has 7 nitrogen and oxygen atoms in total. The van der Waals surface area contributed by atoms with Crippen molar-refractivity contribution in [3.05, 3.63) is 29.5 Å². The van der Waals surface area contributed by atoms with Crippen molar-refractivity contribution < 1.29 is 9.53 Å². The van der Waals surface area contributed by atoms with Crippen molar-refractivity contribution in [2.45, 2.75) is 33.1 Å². The second-order valence-corrected chi connectivity index (χ2v) is 6.69. The molecule has 0 aliphatic carbocycles. The molecule has 1 atom stereocenters. The molecular formula is C18H25N5O2. The van der Waals surface area contributed by atoms with Crippen LogP contribution in [0.4, 0.5) is 0 Å². The Hall–Kier alpha value is -2.28. The fraction of sp³-hybridized carbons (Fsp3) is 0.556. The van der Waals surface area contributed by atoms with E-state index in [-0.39, 0.29) is 12.5 Å². The predicted octanol–water partition coefficient (Wildman–Crippen LogP) is 1.91. The third-order valence-corrected chi connectivity index (χ3v) is 4.73. The molecule has 3 rings (SSSR count). The van der Waals surface area contributed by atoms with E-state index in [0.29, 0.717) is 5.92 Å². The van der Waals surface area contributed by atoms with Gasteiger partial charge in [-0.15, -0.1) is 0 Å². The number of amides is 1. The van der Waals surface area contributed by atoms with Gasteiger partial charge in [0.05, 0.1) is 23.3 Å². The highest BCUT2D eigenvalue weighted by atomic mass is 16.5. The topological polar surface area (TPSA) is 84.0 Å². The smallest absolute Gasteiger partial charge is 0.248 e. The summed E-state index contributed by atoms with van der Waals surface area (Å²) in [5.74, 6) is 0.492. The highest BCUT2D eigenvalue weighted by molar-refractivity contribution is 5.77. The quantitative estimate of drug-likeness (QED) is 0.896. The van der Waals surface area contributed by atoms with Crippen LogP contribution in [0.3, 0.4) is 0 Å². The van der Waals surface area contributed by atoms with E-state index >= 15 is 0 Å². The zero-order valence-electron chi connectivity index (χ0n) is 15.1. The van der Waals surface area contributed by atoms with Crippen LogP contribution in [0.15, 0.2) is 12.4 Å². The summed E-state index contributed by atoms with van der Waals surface area (Å²) < 4.78 is 4.96. The number of piperidine rings is 1. The zero-order chi connectivity index (χ0) is 17.8. The Bertz CT molecular complexity index is 706. The maximum absolute atomic E-state index is 12.0. The van der Waals surface area contributed by atoms with Gasteiger partial charge in [0, 0.05) is 37.7 Å². The molecule has 1 N–H and O–H groups in total. The Morgan fingerprint density at radius 3 is 2.84 bits per heavy atom. The number of methoxy groups -OCH3 is 1. The number of hydrogen-bond acceptors (Lipinski definition) is 5. The molecule has 1 fully saturated rings. The summed E-state index contributed by atoms with van der Waals surface area (Å²) in [5, 5.41) is 7.18. The van der Waals surface area contributed by atoms with Crippen molar-refractivity contribution in [3.63, 3.8) is 0 Å². The zero-order valence-corrected chi connectivity index (χ0v) is 15.1. The van der Waals surface area contributed by atoms with Crippen LogP contribution in [0.2, 0.25) is 0 Å². The number of nitrogens with zero attached hydrogens (tertiary/aromatic N) is 4. The molecule has 7 heteroatoms. The van der Waals surface area contributed by atoms with Crippen molar-refractivity contribution in [3.8, 4) is 11.3 Å². The molecule has 2 aromatic rings. The van der Waals surface area contributed by atoms with Gasteiger partial charge < -0.3 is 9.64 Å². The third kappa shape index (κ3) is 4.04. The maximum atomic E-state index is 12.0. The van der Waals surface area contributed by atoms with E-state index in [1.165, 1.54) is 0 Å². The van der Waals surface area contributed by atoms with E-state index in [2.05, 4.69) is 20.2 Å². The van der Waals surface area contributed by atoms with Crippen LogP contribution in [0.25, 0.3) is 11.3 Å². The van der Waals surface area contributed by atoms with Crippen LogP contribution in [0, 0.1) is 19.8 Å². The summed E-state index contributed by atoms with van der Waals surface area (Å²) in [6.45, 7) is 5.69. The second-order valence-electron chi connectivity index (χ2n) is 6.69. The number of aryl methyl sites for hydroxylation is 2. The van der Waals surface area contributed by atoms with E-state index in [1.54, 1.807) is 7.11 Å². The average Bonchev–Trinajstić information content (AvgIpc) is 2.95. The van der Waals surface area contributed by atoms with Gasteiger partial charge in [-0.3, -0.25) is 19.9 Å². The second kappa shape index (κ2) is 7.74. The summed E-state index contributed by atoms with van der Waals surface area (Å²) in [4.78, 5) is 23.1. The summed E-state index contributed by atoms with van der Waals surface area (Å²) in [6.07, 6.45) is 6.64. The van der Waals surface area contributed by atoms with Crippen LogP contribution < -0.4 is 0 Å². The number of hydrogen-bond donors (Lipinski definition) is 1. The molecule has 0 radical (unpaired) electrons. The molecule has 3 heterocycles. The number of carbonyl (C=O) groups is 1. The number of likely N-dealkylation sites (tertiary alicyclic amines) is 1. The fourth-order valence-corrected chi connectivity index (χ4v) is 3.49. The number of aromatic amines is 1. The van der Waals surface area contributed by atoms with Crippen LogP contribution in [0.5, 0.6) is 0 Å². The molecule has 0 spiro atoms. The van der Waals surface area contributed by atoms with E-state index in [9.17, 15) is 4.79 Å². The standard InChI is InChI=1S/C18H25N5O2/c1-12-18(13(2)22-21-12)16-9-19-15(8-20-16)7-14-5-4-6-23(10-14)17(24)11-25-3/h8-9,14H,4-7,10-11H2,1-3H3,(H,21,22)/t14-/m1/s1. The number of rotatable bonds is 5. The Morgan fingerprint density at radius 1 is 1.36 bits per heavy atom.